The molecule has 0 amide bonds. The number of aryl methyl sites for hydroxylation is 3. The number of benzene rings is 3. The Morgan fingerprint density at radius 3 is 2.45 bits per heavy atom. The van der Waals surface area contributed by atoms with Gasteiger partial charge < -0.3 is 9.15 Å². The van der Waals surface area contributed by atoms with Gasteiger partial charge in [0.15, 0.2) is 0 Å². The summed E-state index contributed by atoms with van der Waals surface area (Å²) in [6.07, 6.45) is 7.37. The van der Waals surface area contributed by atoms with E-state index in [1.54, 1.807) is 18.2 Å². The molecule has 0 fully saturated rings. The number of carbonyl (C=O) groups is 1. The Kier molecular flexibility index (Phi) is 9.24. The SMILES string of the molecule is CCCCCCc1cc2c3c(c(=O)oc2cc1OC(=O)[C@H](Cc1ccccc1)NS(=O)(=O)c1ccc(C)cc1)CCC3. The first kappa shape index (κ1) is 29.7. The Balaban J connectivity index is 1.49. The van der Waals surface area contributed by atoms with Crippen molar-refractivity contribution in [2.75, 3.05) is 0 Å². The molecule has 1 heterocycles. The summed E-state index contributed by atoms with van der Waals surface area (Å²) in [5, 5.41) is 0.883. The van der Waals surface area contributed by atoms with Crippen LogP contribution in [0.25, 0.3) is 11.0 Å². The van der Waals surface area contributed by atoms with Crippen LogP contribution in [0.4, 0.5) is 0 Å². The highest BCUT2D eigenvalue weighted by atomic mass is 32.2. The number of fused-ring (bicyclic) bond motifs is 3. The predicted molar refractivity (Wildman–Crippen MR) is 163 cm³/mol. The van der Waals surface area contributed by atoms with Gasteiger partial charge in [-0.15, -0.1) is 0 Å². The molecule has 0 saturated carbocycles. The summed E-state index contributed by atoms with van der Waals surface area (Å²) in [5.74, 6) is -0.440. The maximum atomic E-state index is 13.8. The lowest BCUT2D eigenvalue weighted by Crippen LogP contribution is -2.44. The normalized spacial score (nSPS) is 13.7. The van der Waals surface area contributed by atoms with Gasteiger partial charge >= 0.3 is 11.6 Å². The minimum Gasteiger partial charge on any atom is -0.425 e. The van der Waals surface area contributed by atoms with Crippen LogP contribution >= 0.6 is 0 Å². The van der Waals surface area contributed by atoms with E-state index in [0.29, 0.717) is 18.4 Å². The van der Waals surface area contributed by atoms with Crippen molar-refractivity contribution in [2.45, 2.75) is 82.6 Å². The Morgan fingerprint density at radius 2 is 1.71 bits per heavy atom. The summed E-state index contributed by atoms with van der Waals surface area (Å²) in [6.45, 7) is 4.03. The second kappa shape index (κ2) is 13.0. The van der Waals surface area contributed by atoms with Crippen molar-refractivity contribution in [1.29, 1.82) is 0 Å². The number of sulfonamides is 1. The van der Waals surface area contributed by atoms with Gasteiger partial charge in [-0.05, 0) is 80.3 Å². The molecule has 0 unspecified atom stereocenters. The fourth-order valence-electron chi connectivity index (χ4n) is 5.56. The van der Waals surface area contributed by atoms with Gasteiger partial charge in [0, 0.05) is 17.0 Å². The number of rotatable bonds is 12. The standard InChI is InChI=1S/C34H37NO6S/c1-3-4-5-9-13-25-21-29-27-14-10-15-28(27)33(36)41-32(29)22-31(25)40-34(37)30(20-24-11-7-6-8-12-24)35-42(38,39)26-18-16-23(2)17-19-26/h6-8,11-12,16-19,21-22,30,35H,3-5,9-10,13-15,20H2,1-2H3/t30-/m0/s1. The van der Waals surface area contributed by atoms with E-state index in [1.165, 1.54) is 12.1 Å². The molecule has 1 aromatic heterocycles. The third-order valence-electron chi connectivity index (χ3n) is 7.86. The predicted octanol–water partition coefficient (Wildman–Crippen LogP) is 6.21. The summed E-state index contributed by atoms with van der Waals surface area (Å²) in [4.78, 5) is 26.5. The maximum Gasteiger partial charge on any atom is 0.339 e. The fraction of sp³-hybridized carbons (Fsp3) is 0.353. The second-order valence-electron chi connectivity index (χ2n) is 11.1. The quantitative estimate of drug-likeness (QED) is 0.0915. The molecule has 1 aliphatic rings. The first-order chi connectivity index (χ1) is 20.2. The van der Waals surface area contributed by atoms with E-state index in [4.69, 9.17) is 9.15 Å². The molecule has 0 aliphatic heterocycles. The topological polar surface area (TPSA) is 103 Å². The minimum atomic E-state index is -4.02. The highest BCUT2D eigenvalue weighted by Gasteiger charge is 2.29. The first-order valence-electron chi connectivity index (χ1n) is 14.7. The summed E-state index contributed by atoms with van der Waals surface area (Å²) in [6, 6.07) is 18.1. The van der Waals surface area contributed by atoms with Crippen LogP contribution in [0.5, 0.6) is 5.75 Å². The Labute approximate surface area is 247 Å². The summed E-state index contributed by atoms with van der Waals surface area (Å²) >= 11 is 0. The molecule has 7 nitrogen and oxygen atoms in total. The highest BCUT2D eigenvalue weighted by molar-refractivity contribution is 7.89. The van der Waals surface area contributed by atoms with E-state index >= 15 is 0 Å². The number of hydrogen-bond donors (Lipinski definition) is 1. The lowest BCUT2D eigenvalue weighted by molar-refractivity contribution is -0.136. The zero-order valence-corrected chi connectivity index (χ0v) is 25.0. The van der Waals surface area contributed by atoms with Crippen LogP contribution in [0.15, 0.2) is 80.8 Å². The van der Waals surface area contributed by atoms with Crippen LogP contribution in [0.2, 0.25) is 0 Å². The molecule has 0 bridgehead atoms. The fourth-order valence-corrected chi connectivity index (χ4v) is 6.75. The highest BCUT2D eigenvalue weighted by Crippen LogP contribution is 2.33. The molecule has 1 atom stereocenters. The average molecular weight is 588 g/mol. The van der Waals surface area contributed by atoms with Crippen molar-refractivity contribution >= 4 is 27.0 Å². The maximum absolute atomic E-state index is 13.8. The van der Waals surface area contributed by atoms with Crippen molar-refractivity contribution in [3.8, 4) is 5.75 Å². The van der Waals surface area contributed by atoms with E-state index < -0.39 is 22.0 Å². The van der Waals surface area contributed by atoms with Crippen LogP contribution < -0.4 is 15.1 Å². The molecule has 0 spiro atoms. The zero-order chi connectivity index (χ0) is 29.7. The molecular formula is C34H37NO6S. The average Bonchev–Trinajstić information content (AvgIpc) is 3.47. The van der Waals surface area contributed by atoms with Crippen LogP contribution in [-0.2, 0) is 40.5 Å². The van der Waals surface area contributed by atoms with Crippen LogP contribution in [0.1, 0.15) is 66.8 Å². The molecule has 220 valence electrons. The van der Waals surface area contributed by atoms with Gasteiger partial charge in [-0.25, -0.2) is 18.0 Å². The Bertz CT molecular complexity index is 1730. The van der Waals surface area contributed by atoms with Crippen molar-refractivity contribution in [2.24, 2.45) is 0 Å². The summed E-state index contributed by atoms with van der Waals surface area (Å²) in [7, 11) is -4.02. The molecule has 0 radical (unpaired) electrons. The van der Waals surface area contributed by atoms with Crippen molar-refractivity contribution in [3.05, 3.63) is 105 Å². The third-order valence-corrected chi connectivity index (χ3v) is 9.35. The number of carbonyl (C=O) groups excluding carboxylic acids is 1. The van der Waals surface area contributed by atoms with Crippen molar-refractivity contribution in [3.63, 3.8) is 0 Å². The van der Waals surface area contributed by atoms with Gasteiger partial charge in [0.1, 0.15) is 17.4 Å². The van der Waals surface area contributed by atoms with Gasteiger partial charge in [0.2, 0.25) is 10.0 Å². The van der Waals surface area contributed by atoms with Crippen LogP contribution in [0.3, 0.4) is 0 Å². The third kappa shape index (κ3) is 6.82. The van der Waals surface area contributed by atoms with Gasteiger partial charge in [-0.3, -0.25) is 0 Å². The van der Waals surface area contributed by atoms with Crippen LogP contribution in [-0.4, -0.2) is 20.4 Å². The Morgan fingerprint density at radius 1 is 0.976 bits per heavy atom. The van der Waals surface area contributed by atoms with Crippen molar-refractivity contribution < 1.29 is 22.4 Å². The lowest BCUT2D eigenvalue weighted by atomic mass is 9.99. The lowest BCUT2D eigenvalue weighted by Gasteiger charge is -2.20. The molecule has 0 saturated heterocycles. The number of hydrogen-bond acceptors (Lipinski definition) is 6. The molecule has 1 aliphatic carbocycles. The molecule has 4 aromatic rings. The van der Waals surface area contributed by atoms with Gasteiger partial charge in [0.25, 0.3) is 0 Å². The van der Waals surface area contributed by atoms with Gasteiger partial charge in [-0.2, -0.15) is 4.72 Å². The Hall–Kier alpha value is -3.75. The van der Waals surface area contributed by atoms with E-state index in [0.717, 1.165) is 71.7 Å². The van der Waals surface area contributed by atoms with Crippen molar-refractivity contribution in [1.82, 2.24) is 4.72 Å². The molecular weight excluding hydrogens is 550 g/mol. The largest absolute Gasteiger partial charge is 0.425 e. The molecule has 5 rings (SSSR count). The summed E-state index contributed by atoms with van der Waals surface area (Å²) in [5.41, 5.74) is 4.32. The molecule has 8 heteroatoms. The van der Waals surface area contributed by atoms with Gasteiger partial charge in [0.05, 0.1) is 4.90 Å². The number of ether oxygens (including phenoxy) is 1. The number of esters is 1. The molecule has 3 aromatic carbocycles. The monoisotopic (exact) mass is 587 g/mol. The van der Waals surface area contributed by atoms with E-state index in [-0.39, 0.29) is 22.7 Å². The smallest absolute Gasteiger partial charge is 0.339 e. The number of unbranched alkanes of at least 4 members (excludes halogenated alkanes) is 3. The minimum absolute atomic E-state index is 0.0666. The van der Waals surface area contributed by atoms with E-state index in [9.17, 15) is 18.0 Å². The number of nitrogens with one attached hydrogen (secondary N) is 1. The summed E-state index contributed by atoms with van der Waals surface area (Å²) < 4.78 is 40.9. The van der Waals surface area contributed by atoms with Crippen LogP contribution in [0, 0.1) is 6.92 Å². The van der Waals surface area contributed by atoms with Gasteiger partial charge in [-0.1, -0.05) is 74.2 Å². The van der Waals surface area contributed by atoms with E-state index in [2.05, 4.69) is 11.6 Å². The zero-order valence-electron chi connectivity index (χ0n) is 24.1. The molecule has 1 N–H and O–H groups in total. The molecule has 42 heavy (non-hydrogen) atoms. The second-order valence-corrected chi connectivity index (χ2v) is 12.8. The first-order valence-corrected chi connectivity index (χ1v) is 16.2. The van der Waals surface area contributed by atoms with E-state index in [1.807, 2.05) is 43.3 Å².